The van der Waals surface area contributed by atoms with Crippen LogP contribution in [0.5, 0.6) is 11.5 Å². The highest BCUT2D eigenvalue weighted by Crippen LogP contribution is 2.32. The predicted molar refractivity (Wildman–Crippen MR) is 110 cm³/mol. The Balaban J connectivity index is 1.81. The van der Waals surface area contributed by atoms with Crippen LogP contribution < -0.4 is 14.8 Å². The summed E-state index contributed by atoms with van der Waals surface area (Å²) in [6.07, 6.45) is 3.02. The number of methoxy groups -OCH3 is 2. The molecule has 7 heteroatoms. The van der Waals surface area contributed by atoms with E-state index in [1.54, 1.807) is 6.08 Å². The number of ether oxygens (including phenoxy) is 2. The summed E-state index contributed by atoms with van der Waals surface area (Å²) >= 11 is 0. The molecule has 0 bridgehead atoms. The monoisotopic (exact) mass is 395 g/mol. The minimum Gasteiger partial charge on any atom is -0.493 e. The molecule has 3 aromatic rings. The first-order valence-electron chi connectivity index (χ1n) is 8.96. The molecule has 6 nitrogen and oxygen atoms in total. The number of aromatic nitrogens is 2. The molecule has 0 fully saturated rings. The van der Waals surface area contributed by atoms with Crippen molar-refractivity contribution in [3.05, 3.63) is 71.3 Å². The van der Waals surface area contributed by atoms with Crippen LogP contribution in [0.4, 0.5) is 10.1 Å². The van der Waals surface area contributed by atoms with Gasteiger partial charge in [0.15, 0.2) is 17.3 Å². The third kappa shape index (κ3) is 4.29. The van der Waals surface area contributed by atoms with E-state index < -0.39 is 11.7 Å². The lowest BCUT2D eigenvalue weighted by atomic mass is 10.2. The number of nitrogens with one attached hydrogen (secondary N) is 1. The Morgan fingerprint density at radius 2 is 1.76 bits per heavy atom. The molecule has 0 spiro atoms. The van der Waals surface area contributed by atoms with Crippen molar-refractivity contribution < 1.29 is 18.7 Å². The third-order valence-electron chi connectivity index (χ3n) is 4.48. The number of para-hydroxylation sites is 1. The molecule has 0 atom stereocenters. The Morgan fingerprint density at radius 3 is 2.41 bits per heavy atom. The maximum Gasteiger partial charge on any atom is 0.248 e. The summed E-state index contributed by atoms with van der Waals surface area (Å²) in [5.41, 5.74) is 3.45. The summed E-state index contributed by atoms with van der Waals surface area (Å²) in [5.74, 6) is -0.516. The first-order valence-corrected chi connectivity index (χ1v) is 8.96. The van der Waals surface area contributed by atoms with E-state index in [0.29, 0.717) is 5.75 Å². The van der Waals surface area contributed by atoms with Crippen LogP contribution in [0.25, 0.3) is 11.8 Å². The van der Waals surface area contributed by atoms with Crippen LogP contribution in [0, 0.1) is 19.7 Å². The number of hydrogen-bond acceptors (Lipinski definition) is 4. The molecular weight excluding hydrogens is 373 g/mol. The molecule has 1 N–H and O–H groups in total. The number of amides is 1. The highest BCUT2D eigenvalue weighted by atomic mass is 19.1. The number of benzene rings is 2. The van der Waals surface area contributed by atoms with Gasteiger partial charge in [-0.15, -0.1) is 0 Å². The first kappa shape index (κ1) is 20.1. The fourth-order valence-electron chi connectivity index (χ4n) is 3.00. The van der Waals surface area contributed by atoms with Crippen molar-refractivity contribution in [2.24, 2.45) is 0 Å². The average molecular weight is 395 g/mol. The largest absolute Gasteiger partial charge is 0.493 e. The van der Waals surface area contributed by atoms with Gasteiger partial charge in [0.25, 0.3) is 0 Å². The van der Waals surface area contributed by atoms with Crippen LogP contribution in [0.1, 0.15) is 17.0 Å². The SMILES string of the molecule is COc1cc(F)c(NC(=O)C=Cc2c(C)nn(-c3ccccc3)c2C)cc1OC. The fraction of sp³-hybridized carbons (Fsp3) is 0.182. The van der Waals surface area contributed by atoms with Gasteiger partial charge in [-0.25, -0.2) is 9.07 Å². The van der Waals surface area contributed by atoms with Crippen molar-refractivity contribution in [1.29, 1.82) is 0 Å². The van der Waals surface area contributed by atoms with E-state index in [1.807, 2.05) is 48.9 Å². The Morgan fingerprint density at radius 1 is 1.10 bits per heavy atom. The lowest BCUT2D eigenvalue weighted by Gasteiger charge is -2.11. The smallest absolute Gasteiger partial charge is 0.248 e. The summed E-state index contributed by atoms with van der Waals surface area (Å²) < 4.78 is 26.2. The number of carbonyl (C=O) groups is 1. The molecule has 0 unspecified atom stereocenters. The van der Waals surface area contributed by atoms with Gasteiger partial charge in [-0.2, -0.15) is 5.10 Å². The Kier molecular flexibility index (Phi) is 5.97. The number of hydrogen-bond donors (Lipinski definition) is 1. The molecular formula is C22H22FN3O3. The Labute approximate surface area is 168 Å². The van der Waals surface area contributed by atoms with Crippen LogP contribution in [-0.4, -0.2) is 29.9 Å². The van der Waals surface area contributed by atoms with E-state index in [2.05, 4.69) is 10.4 Å². The molecule has 1 amide bonds. The topological polar surface area (TPSA) is 65.4 Å². The minimum absolute atomic E-state index is 0.00530. The van der Waals surface area contributed by atoms with E-state index in [4.69, 9.17) is 9.47 Å². The van der Waals surface area contributed by atoms with Crippen molar-refractivity contribution in [2.45, 2.75) is 13.8 Å². The second-order valence-corrected chi connectivity index (χ2v) is 6.34. The van der Waals surface area contributed by atoms with Gasteiger partial charge in [0.2, 0.25) is 5.91 Å². The molecule has 0 radical (unpaired) electrons. The quantitative estimate of drug-likeness (QED) is 0.632. The molecule has 1 heterocycles. The molecule has 29 heavy (non-hydrogen) atoms. The van der Waals surface area contributed by atoms with Gasteiger partial charge in [0.05, 0.1) is 31.3 Å². The zero-order valence-corrected chi connectivity index (χ0v) is 16.7. The maximum absolute atomic E-state index is 14.2. The van der Waals surface area contributed by atoms with Crippen LogP contribution in [0.3, 0.4) is 0 Å². The van der Waals surface area contributed by atoms with Crippen LogP contribution in [-0.2, 0) is 4.79 Å². The molecule has 0 aliphatic heterocycles. The molecule has 0 saturated carbocycles. The second-order valence-electron chi connectivity index (χ2n) is 6.34. The molecule has 150 valence electrons. The van der Waals surface area contributed by atoms with Crippen molar-refractivity contribution >= 4 is 17.7 Å². The van der Waals surface area contributed by atoms with Crippen LogP contribution >= 0.6 is 0 Å². The maximum atomic E-state index is 14.2. The van der Waals surface area contributed by atoms with Gasteiger partial charge in [-0.1, -0.05) is 18.2 Å². The fourth-order valence-corrected chi connectivity index (χ4v) is 3.00. The van der Waals surface area contributed by atoms with E-state index >= 15 is 0 Å². The number of halogens is 1. The normalized spacial score (nSPS) is 10.9. The molecule has 3 rings (SSSR count). The first-order chi connectivity index (χ1) is 13.9. The van der Waals surface area contributed by atoms with Gasteiger partial charge in [0, 0.05) is 29.5 Å². The Bertz CT molecular complexity index is 1060. The highest BCUT2D eigenvalue weighted by Gasteiger charge is 2.14. The van der Waals surface area contributed by atoms with E-state index in [-0.39, 0.29) is 11.4 Å². The third-order valence-corrected chi connectivity index (χ3v) is 4.48. The highest BCUT2D eigenvalue weighted by molar-refractivity contribution is 6.02. The molecule has 1 aromatic heterocycles. The lowest BCUT2D eigenvalue weighted by Crippen LogP contribution is -2.10. The minimum atomic E-state index is -0.617. The number of carbonyl (C=O) groups excluding carboxylic acids is 1. The summed E-state index contributed by atoms with van der Waals surface area (Å²) in [6.45, 7) is 3.80. The summed E-state index contributed by atoms with van der Waals surface area (Å²) in [7, 11) is 2.86. The molecule has 0 aliphatic carbocycles. The second kappa shape index (κ2) is 8.60. The lowest BCUT2D eigenvalue weighted by molar-refractivity contribution is -0.111. The van der Waals surface area contributed by atoms with Gasteiger partial charge >= 0.3 is 0 Å². The molecule has 0 aliphatic rings. The number of anilines is 1. The summed E-state index contributed by atoms with van der Waals surface area (Å²) in [6, 6.07) is 12.3. The van der Waals surface area contributed by atoms with E-state index in [9.17, 15) is 9.18 Å². The van der Waals surface area contributed by atoms with Crippen molar-refractivity contribution in [2.75, 3.05) is 19.5 Å². The number of aryl methyl sites for hydroxylation is 1. The molecule has 2 aromatic carbocycles. The average Bonchev–Trinajstić information content (AvgIpc) is 3.01. The Hall–Kier alpha value is -3.61. The van der Waals surface area contributed by atoms with Crippen LogP contribution in [0.15, 0.2) is 48.5 Å². The number of nitrogens with zero attached hydrogens (tertiary/aromatic N) is 2. The standard InChI is InChI=1S/C22H22FN3O3/c1-14-17(15(2)26(25-14)16-8-6-5-7-9-16)10-11-22(27)24-19-13-21(29-4)20(28-3)12-18(19)23/h5-13H,1-4H3,(H,24,27). The van der Waals surface area contributed by atoms with E-state index in [0.717, 1.165) is 28.7 Å². The summed E-state index contributed by atoms with van der Waals surface area (Å²) in [5, 5.41) is 7.06. The van der Waals surface area contributed by atoms with Crippen molar-refractivity contribution in [3.63, 3.8) is 0 Å². The zero-order chi connectivity index (χ0) is 21.0. The summed E-state index contributed by atoms with van der Waals surface area (Å²) in [4.78, 5) is 12.3. The van der Waals surface area contributed by atoms with Crippen LogP contribution in [0.2, 0.25) is 0 Å². The molecule has 0 saturated heterocycles. The van der Waals surface area contributed by atoms with Gasteiger partial charge in [-0.3, -0.25) is 4.79 Å². The van der Waals surface area contributed by atoms with Gasteiger partial charge in [0.1, 0.15) is 0 Å². The number of rotatable bonds is 6. The van der Waals surface area contributed by atoms with Crippen molar-refractivity contribution in [1.82, 2.24) is 9.78 Å². The predicted octanol–water partition coefficient (Wildman–Crippen LogP) is 4.30. The van der Waals surface area contributed by atoms with Gasteiger partial charge < -0.3 is 14.8 Å². The van der Waals surface area contributed by atoms with Gasteiger partial charge in [-0.05, 0) is 32.1 Å². The zero-order valence-electron chi connectivity index (χ0n) is 16.7. The van der Waals surface area contributed by atoms with E-state index in [1.165, 1.54) is 26.4 Å². The van der Waals surface area contributed by atoms with Crippen molar-refractivity contribution in [3.8, 4) is 17.2 Å².